The van der Waals surface area contributed by atoms with E-state index in [1.165, 1.54) is 0 Å². The average Bonchev–Trinajstić information content (AvgIpc) is 2.47. The largest absolute Gasteiger partial charge is 0.337 e. The van der Waals surface area contributed by atoms with E-state index in [0.717, 1.165) is 0 Å². The quantitative estimate of drug-likeness (QED) is 0.587. The van der Waals surface area contributed by atoms with Crippen LogP contribution >= 0.6 is 23.2 Å². The van der Waals surface area contributed by atoms with Gasteiger partial charge in [0.25, 0.3) is 0 Å². The van der Waals surface area contributed by atoms with Crippen molar-refractivity contribution in [2.45, 2.75) is 12.8 Å². The van der Waals surface area contributed by atoms with Gasteiger partial charge in [-0.15, -0.1) is 11.6 Å². The molecule has 2 rings (SSSR count). The Morgan fingerprint density at radius 3 is 2.77 bits per heavy atom. The number of aromatic amines is 1. The number of alkyl halides is 1. The van der Waals surface area contributed by atoms with E-state index in [2.05, 4.69) is 19.9 Å². The van der Waals surface area contributed by atoms with Crippen LogP contribution in [0.1, 0.15) is 11.6 Å². The molecule has 0 unspecified atom stereocenters. The van der Waals surface area contributed by atoms with Gasteiger partial charge in [0.05, 0.1) is 5.88 Å². The van der Waals surface area contributed by atoms with Crippen molar-refractivity contribution in [2.24, 2.45) is 0 Å². The van der Waals surface area contributed by atoms with Crippen LogP contribution in [0.5, 0.6) is 0 Å². The van der Waals surface area contributed by atoms with Crippen molar-refractivity contribution in [3.8, 4) is 0 Å². The van der Waals surface area contributed by atoms with Gasteiger partial charge in [-0.1, -0.05) is 11.6 Å². The molecule has 0 aliphatic carbocycles. The summed E-state index contributed by atoms with van der Waals surface area (Å²) in [7, 11) is 0. The molecule has 0 radical (unpaired) electrons. The fraction of sp³-hybridized carbons (Fsp3) is 0.286. The van der Waals surface area contributed by atoms with Crippen LogP contribution in [-0.2, 0) is 5.88 Å². The first-order chi connectivity index (χ1) is 6.20. The number of nitrogens with zero attached hydrogens (tertiary/aromatic N) is 3. The van der Waals surface area contributed by atoms with Gasteiger partial charge in [0, 0.05) is 0 Å². The van der Waals surface area contributed by atoms with Crippen molar-refractivity contribution in [3.05, 3.63) is 16.8 Å². The highest BCUT2D eigenvalue weighted by Gasteiger charge is 2.08. The second kappa shape index (κ2) is 3.12. The lowest BCUT2D eigenvalue weighted by Crippen LogP contribution is -1.88. The number of nitrogens with one attached hydrogen (secondary N) is 1. The lowest BCUT2D eigenvalue weighted by molar-refractivity contribution is 1.07. The summed E-state index contributed by atoms with van der Waals surface area (Å²) in [5, 5.41) is 0.381. The Labute approximate surface area is 84.3 Å². The lowest BCUT2D eigenvalue weighted by Gasteiger charge is -1.92. The number of halogens is 2. The summed E-state index contributed by atoms with van der Waals surface area (Å²) in [6.45, 7) is 1.76. The SMILES string of the molecule is Cc1nc(Cl)c2[nH]c(CCl)nc2n1. The lowest BCUT2D eigenvalue weighted by atomic mass is 10.5. The zero-order valence-electron chi connectivity index (χ0n) is 6.80. The highest BCUT2D eigenvalue weighted by molar-refractivity contribution is 6.33. The number of imidazole rings is 1. The second-order valence-electron chi connectivity index (χ2n) is 2.58. The number of hydrogen-bond donors (Lipinski definition) is 1. The van der Waals surface area contributed by atoms with Gasteiger partial charge < -0.3 is 4.98 Å². The minimum absolute atomic E-state index is 0.311. The van der Waals surface area contributed by atoms with E-state index in [4.69, 9.17) is 23.2 Å². The summed E-state index contributed by atoms with van der Waals surface area (Å²) >= 11 is 11.5. The van der Waals surface area contributed by atoms with Gasteiger partial charge in [-0.3, -0.25) is 0 Å². The van der Waals surface area contributed by atoms with E-state index in [0.29, 0.717) is 33.8 Å². The molecule has 0 aliphatic rings. The number of aryl methyl sites for hydroxylation is 1. The first-order valence-electron chi connectivity index (χ1n) is 3.65. The smallest absolute Gasteiger partial charge is 0.182 e. The molecule has 0 atom stereocenters. The maximum absolute atomic E-state index is 5.87. The van der Waals surface area contributed by atoms with Gasteiger partial charge in [-0.2, -0.15) is 0 Å². The Bertz CT molecular complexity index is 451. The van der Waals surface area contributed by atoms with Gasteiger partial charge in [0.15, 0.2) is 10.8 Å². The maximum atomic E-state index is 5.87. The van der Waals surface area contributed by atoms with E-state index in [9.17, 15) is 0 Å². The van der Waals surface area contributed by atoms with Crippen LogP contribution < -0.4 is 0 Å². The van der Waals surface area contributed by atoms with Crippen LogP contribution in [0.4, 0.5) is 0 Å². The molecule has 6 heteroatoms. The minimum Gasteiger partial charge on any atom is -0.337 e. The Balaban J connectivity index is 2.75. The van der Waals surface area contributed by atoms with Gasteiger partial charge in [0.2, 0.25) is 0 Å². The van der Waals surface area contributed by atoms with E-state index in [-0.39, 0.29) is 0 Å². The monoisotopic (exact) mass is 216 g/mol. The van der Waals surface area contributed by atoms with Crippen molar-refractivity contribution in [1.82, 2.24) is 19.9 Å². The van der Waals surface area contributed by atoms with Crippen LogP contribution in [0, 0.1) is 6.92 Å². The number of hydrogen-bond acceptors (Lipinski definition) is 3. The van der Waals surface area contributed by atoms with Crippen molar-refractivity contribution < 1.29 is 0 Å². The Morgan fingerprint density at radius 1 is 1.31 bits per heavy atom. The van der Waals surface area contributed by atoms with Crippen LogP contribution in [0.15, 0.2) is 0 Å². The molecule has 4 nitrogen and oxygen atoms in total. The molecule has 0 saturated heterocycles. The molecule has 0 aromatic carbocycles. The molecule has 2 aromatic rings. The first-order valence-corrected chi connectivity index (χ1v) is 4.56. The van der Waals surface area contributed by atoms with Crippen LogP contribution in [-0.4, -0.2) is 19.9 Å². The molecule has 2 heterocycles. The summed E-state index contributed by atoms with van der Waals surface area (Å²) in [5.41, 5.74) is 1.20. The van der Waals surface area contributed by atoms with E-state index in [1.807, 2.05) is 0 Å². The second-order valence-corrected chi connectivity index (χ2v) is 3.20. The van der Waals surface area contributed by atoms with Gasteiger partial charge in [0.1, 0.15) is 17.2 Å². The molecular formula is C7H6Cl2N4. The number of H-pyrrole nitrogens is 1. The molecule has 0 aliphatic heterocycles. The molecular weight excluding hydrogens is 211 g/mol. The standard InChI is InChI=1S/C7H6Cl2N4/c1-3-10-6(9)5-7(11-3)13-4(2-8)12-5/h2H2,1H3,(H,10,11,12,13). The zero-order chi connectivity index (χ0) is 9.42. The van der Waals surface area contributed by atoms with Gasteiger partial charge in [-0.05, 0) is 6.92 Å². The molecule has 1 N–H and O–H groups in total. The molecule has 0 bridgehead atoms. The highest BCUT2D eigenvalue weighted by atomic mass is 35.5. The number of aromatic nitrogens is 4. The minimum atomic E-state index is 0.311. The third-order valence-corrected chi connectivity index (χ3v) is 2.12. The molecule has 0 amide bonds. The molecule has 0 saturated carbocycles. The Morgan fingerprint density at radius 2 is 2.08 bits per heavy atom. The van der Waals surface area contributed by atoms with Crippen molar-refractivity contribution in [1.29, 1.82) is 0 Å². The predicted molar refractivity (Wildman–Crippen MR) is 51.0 cm³/mol. The first kappa shape index (κ1) is 8.72. The molecule has 68 valence electrons. The van der Waals surface area contributed by atoms with Crippen molar-refractivity contribution in [2.75, 3.05) is 0 Å². The van der Waals surface area contributed by atoms with Gasteiger partial charge >= 0.3 is 0 Å². The van der Waals surface area contributed by atoms with E-state index in [1.54, 1.807) is 6.92 Å². The summed E-state index contributed by atoms with van der Waals surface area (Å²) in [6, 6.07) is 0. The fourth-order valence-electron chi connectivity index (χ4n) is 1.08. The molecule has 0 spiro atoms. The van der Waals surface area contributed by atoms with E-state index < -0.39 is 0 Å². The summed E-state index contributed by atoms with van der Waals surface area (Å²) in [4.78, 5) is 15.2. The Hall–Kier alpha value is -0.870. The molecule has 13 heavy (non-hydrogen) atoms. The van der Waals surface area contributed by atoms with Crippen LogP contribution in [0.3, 0.4) is 0 Å². The summed E-state index contributed by atoms with van der Waals surface area (Å²) < 4.78 is 0. The third kappa shape index (κ3) is 1.47. The molecule has 2 aromatic heterocycles. The normalized spacial score (nSPS) is 11.0. The number of rotatable bonds is 1. The van der Waals surface area contributed by atoms with Crippen LogP contribution in [0.25, 0.3) is 11.2 Å². The summed E-state index contributed by atoms with van der Waals surface area (Å²) in [6.07, 6.45) is 0. The molecule has 0 fully saturated rings. The highest BCUT2D eigenvalue weighted by Crippen LogP contribution is 2.18. The third-order valence-electron chi connectivity index (χ3n) is 1.59. The van der Waals surface area contributed by atoms with Crippen molar-refractivity contribution in [3.63, 3.8) is 0 Å². The van der Waals surface area contributed by atoms with Gasteiger partial charge in [-0.25, -0.2) is 15.0 Å². The predicted octanol–water partition coefficient (Wildman–Crippen LogP) is 2.05. The zero-order valence-corrected chi connectivity index (χ0v) is 8.32. The maximum Gasteiger partial charge on any atom is 0.182 e. The topological polar surface area (TPSA) is 54.5 Å². The Kier molecular flexibility index (Phi) is 2.09. The van der Waals surface area contributed by atoms with E-state index >= 15 is 0 Å². The van der Waals surface area contributed by atoms with Crippen molar-refractivity contribution >= 4 is 34.4 Å². The summed E-state index contributed by atoms with van der Waals surface area (Å²) in [5.74, 6) is 1.56. The average molecular weight is 217 g/mol. The number of fused-ring (bicyclic) bond motifs is 1. The fourth-order valence-corrected chi connectivity index (χ4v) is 1.46. The van der Waals surface area contributed by atoms with Crippen LogP contribution in [0.2, 0.25) is 5.15 Å².